The number of anilines is 1. The fraction of sp³-hybridized carbons (Fsp3) is 0.0769. The van der Waals surface area contributed by atoms with Crippen LogP contribution in [0, 0.1) is 0 Å². The molecule has 0 radical (unpaired) electrons. The fourth-order valence-electron chi connectivity index (χ4n) is 1.64. The van der Waals surface area contributed by atoms with Gasteiger partial charge in [-0.2, -0.15) is 0 Å². The maximum Gasteiger partial charge on any atom is 0.341 e. The summed E-state index contributed by atoms with van der Waals surface area (Å²) in [5.41, 5.74) is 7.82. The molecule has 0 saturated carbocycles. The van der Waals surface area contributed by atoms with Gasteiger partial charge in [0.25, 0.3) is 0 Å². The smallest absolute Gasteiger partial charge is 0.341 e. The summed E-state index contributed by atoms with van der Waals surface area (Å²) in [7, 11) is 1.38. The zero-order chi connectivity index (χ0) is 13.1. The number of carboxylic acids is 1. The molecule has 0 aliphatic rings. The molecule has 1 aromatic carbocycles. The lowest BCUT2D eigenvalue weighted by atomic mass is 10.1. The zero-order valence-corrected chi connectivity index (χ0v) is 9.75. The van der Waals surface area contributed by atoms with Crippen molar-refractivity contribution in [2.75, 3.05) is 12.8 Å². The van der Waals surface area contributed by atoms with Crippen LogP contribution < -0.4 is 10.5 Å². The van der Waals surface area contributed by atoms with Crippen LogP contribution in [0.2, 0.25) is 0 Å². The highest BCUT2D eigenvalue weighted by atomic mass is 16.5. The molecular formula is C13H12N2O3. The van der Waals surface area contributed by atoms with Crippen LogP contribution in [0.3, 0.4) is 0 Å². The molecule has 1 aromatic heterocycles. The molecule has 2 aromatic rings. The molecule has 92 valence electrons. The SMILES string of the molecule is COc1ncc(-c2cccc(N)c2)cc1C(=O)O. The molecule has 3 N–H and O–H groups in total. The van der Waals surface area contributed by atoms with Gasteiger partial charge in [-0.1, -0.05) is 12.1 Å². The van der Waals surface area contributed by atoms with E-state index in [0.717, 1.165) is 5.56 Å². The second kappa shape index (κ2) is 4.75. The molecule has 2 rings (SSSR count). The normalized spacial score (nSPS) is 10.1. The molecule has 0 atom stereocenters. The summed E-state index contributed by atoms with van der Waals surface area (Å²) < 4.78 is 4.90. The predicted molar refractivity (Wildman–Crippen MR) is 67.6 cm³/mol. The molecule has 5 nitrogen and oxygen atoms in total. The number of pyridine rings is 1. The minimum Gasteiger partial charge on any atom is -0.480 e. The Morgan fingerprint density at radius 2 is 2.11 bits per heavy atom. The third-order valence-electron chi connectivity index (χ3n) is 2.49. The molecule has 0 bridgehead atoms. The second-order valence-electron chi connectivity index (χ2n) is 3.71. The first-order valence-electron chi connectivity index (χ1n) is 5.25. The van der Waals surface area contributed by atoms with Gasteiger partial charge < -0.3 is 15.6 Å². The number of aromatic carboxylic acids is 1. The van der Waals surface area contributed by atoms with Crippen LogP contribution in [-0.4, -0.2) is 23.2 Å². The number of hydrogen-bond donors (Lipinski definition) is 2. The number of nitrogens with zero attached hydrogens (tertiary/aromatic N) is 1. The van der Waals surface area contributed by atoms with Gasteiger partial charge in [-0.3, -0.25) is 0 Å². The Morgan fingerprint density at radius 3 is 2.72 bits per heavy atom. The fourth-order valence-corrected chi connectivity index (χ4v) is 1.64. The highest BCUT2D eigenvalue weighted by Crippen LogP contribution is 2.25. The van der Waals surface area contributed by atoms with E-state index < -0.39 is 5.97 Å². The Morgan fingerprint density at radius 1 is 1.33 bits per heavy atom. The molecule has 18 heavy (non-hydrogen) atoms. The first-order valence-corrected chi connectivity index (χ1v) is 5.25. The molecular weight excluding hydrogens is 232 g/mol. The average molecular weight is 244 g/mol. The number of nitrogens with two attached hydrogens (primary N) is 1. The van der Waals surface area contributed by atoms with Crippen molar-refractivity contribution in [2.45, 2.75) is 0 Å². The van der Waals surface area contributed by atoms with Crippen molar-refractivity contribution < 1.29 is 14.6 Å². The van der Waals surface area contributed by atoms with E-state index in [9.17, 15) is 4.79 Å². The monoisotopic (exact) mass is 244 g/mol. The van der Waals surface area contributed by atoms with Crippen LogP contribution >= 0.6 is 0 Å². The highest BCUT2D eigenvalue weighted by molar-refractivity contribution is 5.91. The van der Waals surface area contributed by atoms with Crippen LogP contribution in [0.25, 0.3) is 11.1 Å². The Bertz CT molecular complexity index is 597. The van der Waals surface area contributed by atoms with Crippen molar-refractivity contribution in [3.05, 3.63) is 42.1 Å². The summed E-state index contributed by atoms with van der Waals surface area (Å²) >= 11 is 0. The van der Waals surface area contributed by atoms with Gasteiger partial charge in [0.2, 0.25) is 5.88 Å². The van der Waals surface area contributed by atoms with Gasteiger partial charge >= 0.3 is 5.97 Å². The van der Waals surface area contributed by atoms with Crippen molar-refractivity contribution in [1.29, 1.82) is 0 Å². The Kier molecular flexibility index (Phi) is 3.14. The summed E-state index contributed by atoms with van der Waals surface area (Å²) in [6.45, 7) is 0. The van der Waals surface area contributed by atoms with Gasteiger partial charge in [0.1, 0.15) is 5.56 Å². The summed E-state index contributed by atoms with van der Waals surface area (Å²) in [6.07, 6.45) is 1.56. The minimum absolute atomic E-state index is 0.0254. The summed E-state index contributed by atoms with van der Waals surface area (Å²) in [4.78, 5) is 15.1. The lowest BCUT2D eigenvalue weighted by molar-refractivity contribution is 0.0692. The molecule has 0 amide bonds. The van der Waals surface area contributed by atoms with E-state index in [2.05, 4.69) is 4.98 Å². The largest absolute Gasteiger partial charge is 0.480 e. The maximum atomic E-state index is 11.1. The standard InChI is InChI=1S/C13H12N2O3/c1-18-12-11(13(16)17)6-9(7-15-12)8-3-2-4-10(14)5-8/h2-7H,14H2,1H3,(H,16,17). The van der Waals surface area contributed by atoms with Crippen molar-refractivity contribution in [2.24, 2.45) is 0 Å². The van der Waals surface area contributed by atoms with Crippen molar-refractivity contribution in [3.63, 3.8) is 0 Å². The molecule has 5 heteroatoms. The van der Waals surface area contributed by atoms with Crippen molar-refractivity contribution in [1.82, 2.24) is 4.98 Å². The first kappa shape index (κ1) is 11.9. The summed E-state index contributed by atoms with van der Waals surface area (Å²) in [5, 5.41) is 9.08. The lowest BCUT2D eigenvalue weighted by Gasteiger charge is -2.07. The van der Waals surface area contributed by atoms with Gasteiger partial charge in [0.05, 0.1) is 7.11 Å². The number of nitrogen functional groups attached to an aromatic ring is 1. The Balaban J connectivity index is 2.53. The van der Waals surface area contributed by atoms with Crippen LogP contribution in [0.1, 0.15) is 10.4 Å². The molecule has 0 aliphatic heterocycles. The van der Waals surface area contributed by atoms with Crippen LogP contribution in [-0.2, 0) is 0 Å². The molecule has 0 saturated heterocycles. The van der Waals surface area contributed by atoms with Crippen molar-refractivity contribution >= 4 is 11.7 Å². The van der Waals surface area contributed by atoms with Crippen LogP contribution in [0.5, 0.6) is 5.88 Å². The van der Waals surface area contributed by atoms with E-state index in [1.807, 2.05) is 6.07 Å². The van der Waals surface area contributed by atoms with E-state index in [1.54, 1.807) is 24.4 Å². The average Bonchev–Trinajstić information content (AvgIpc) is 2.38. The van der Waals surface area contributed by atoms with E-state index in [1.165, 1.54) is 13.2 Å². The number of methoxy groups -OCH3 is 1. The van der Waals surface area contributed by atoms with Crippen molar-refractivity contribution in [3.8, 4) is 17.0 Å². The predicted octanol–water partition coefficient (Wildman–Crippen LogP) is 2.04. The molecule has 1 heterocycles. The summed E-state index contributed by atoms with van der Waals surface area (Å²) in [5.74, 6) is -0.986. The van der Waals surface area contributed by atoms with Gasteiger partial charge in [-0.15, -0.1) is 0 Å². The van der Waals surface area contributed by atoms with Crippen LogP contribution in [0.15, 0.2) is 36.5 Å². The maximum absolute atomic E-state index is 11.1. The first-order chi connectivity index (χ1) is 8.61. The van der Waals surface area contributed by atoms with Crippen LogP contribution in [0.4, 0.5) is 5.69 Å². The third-order valence-corrected chi connectivity index (χ3v) is 2.49. The number of carbonyl (C=O) groups is 1. The molecule has 0 unspecified atom stereocenters. The topological polar surface area (TPSA) is 85.4 Å². The van der Waals surface area contributed by atoms with Gasteiger partial charge in [-0.25, -0.2) is 9.78 Å². The van der Waals surface area contributed by atoms with E-state index in [0.29, 0.717) is 11.3 Å². The van der Waals surface area contributed by atoms with Gasteiger partial charge in [-0.05, 0) is 23.8 Å². The Hall–Kier alpha value is -2.56. The quantitative estimate of drug-likeness (QED) is 0.807. The number of benzene rings is 1. The Labute approximate surface area is 104 Å². The van der Waals surface area contributed by atoms with E-state index >= 15 is 0 Å². The van der Waals surface area contributed by atoms with Gasteiger partial charge in [0.15, 0.2) is 0 Å². The van der Waals surface area contributed by atoms with Gasteiger partial charge in [0, 0.05) is 17.4 Å². The third kappa shape index (κ3) is 2.24. The number of aromatic nitrogens is 1. The second-order valence-corrected chi connectivity index (χ2v) is 3.71. The highest BCUT2D eigenvalue weighted by Gasteiger charge is 2.13. The van der Waals surface area contributed by atoms with E-state index in [-0.39, 0.29) is 11.4 Å². The minimum atomic E-state index is -1.08. The number of rotatable bonds is 3. The molecule has 0 spiro atoms. The molecule has 0 aliphatic carbocycles. The zero-order valence-electron chi connectivity index (χ0n) is 9.75. The number of hydrogen-bond acceptors (Lipinski definition) is 4. The van der Waals surface area contributed by atoms with E-state index in [4.69, 9.17) is 15.6 Å². The lowest BCUT2D eigenvalue weighted by Crippen LogP contribution is -2.02. The number of carboxylic acid groups (broad SMARTS) is 1. The summed E-state index contributed by atoms with van der Waals surface area (Å²) in [6, 6.07) is 8.68. The number of ether oxygens (including phenoxy) is 1. The molecule has 0 fully saturated rings.